The fourth-order valence-corrected chi connectivity index (χ4v) is 2.95. The maximum atomic E-state index is 11.2. The number of β-lactam (4-membered cyclic amide) rings is 1. The van der Waals surface area contributed by atoms with Gasteiger partial charge < -0.3 is 4.74 Å². The van der Waals surface area contributed by atoms with E-state index in [9.17, 15) is 13.2 Å². The standard InChI is InChI=1S/C9H9ClN2O4S/c1-16-8-4-2-3-6(11-8)7-5-9(13)12(7)17(10,14)15/h2-4,7H,5H2,1H3. The van der Waals surface area contributed by atoms with Gasteiger partial charge in [-0.25, -0.2) is 9.29 Å². The molecule has 1 unspecified atom stereocenters. The lowest BCUT2D eigenvalue weighted by atomic mass is 10.0. The van der Waals surface area contributed by atoms with Gasteiger partial charge >= 0.3 is 9.24 Å². The largest absolute Gasteiger partial charge is 0.481 e. The van der Waals surface area contributed by atoms with Crippen molar-refractivity contribution in [3.8, 4) is 5.88 Å². The number of aromatic nitrogens is 1. The zero-order valence-electron chi connectivity index (χ0n) is 8.83. The molecule has 1 aliphatic rings. The fraction of sp³-hybridized carbons (Fsp3) is 0.333. The van der Waals surface area contributed by atoms with E-state index in [-0.39, 0.29) is 6.42 Å². The minimum absolute atomic E-state index is 0.0755. The first-order valence-corrected chi connectivity index (χ1v) is 6.98. The summed E-state index contributed by atoms with van der Waals surface area (Å²) < 4.78 is 27.9. The number of hydrogen-bond acceptors (Lipinski definition) is 5. The Morgan fingerprint density at radius 2 is 2.24 bits per heavy atom. The Balaban J connectivity index is 2.32. The second-order valence-corrected chi connectivity index (χ2v) is 5.84. The van der Waals surface area contributed by atoms with Crippen molar-refractivity contribution in [2.75, 3.05) is 7.11 Å². The lowest BCUT2D eigenvalue weighted by Crippen LogP contribution is -2.48. The average Bonchev–Trinajstić information content (AvgIpc) is 2.23. The van der Waals surface area contributed by atoms with Crippen molar-refractivity contribution < 1.29 is 17.9 Å². The van der Waals surface area contributed by atoms with Crippen LogP contribution in [0, 0.1) is 0 Å². The minimum Gasteiger partial charge on any atom is -0.481 e. The van der Waals surface area contributed by atoms with Crippen LogP contribution < -0.4 is 4.74 Å². The van der Waals surface area contributed by atoms with Gasteiger partial charge in [-0.3, -0.25) is 4.79 Å². The Labute approximate surface area is 103 Å². The predicted molar refractivity (Wildman–Crippen MR) is 59.8 cm³/mol. The highest BCUT2D eigenvalue weighted by molar-refractivity contribution is 8.12. The monoisotopic (exact) mass is 276 g/mol. The summed E-state index contributed by atoms with van der Waals surface area (Å²) in [6.45, 7) is 0. The summed E-state index contributed by atoms with van der Waals surface area (Å²) >= 11 is 0. The van der Waals surface area contributed by atoms with Crippen LogP contribution in [0.4, 0.5) is 0 Å². The third kappa shape index (κ3) is 2.20. The molecule has 92 valence electrons. The smallest absolute Gasteiger partial charge is 0.324 e. The van der Waals surface area contributed by atoms with E-state index >= 15 is 0 Å². The van der Waals surface area contributed by atoms with E-state index in [1.807, 2.05) is 0 Å². The number of rotatable bonds is 3. The summed E-state index contributed by atoms with van der Waals surface area (Å²) in [6.07, 6.45) is 0.0755. The molecule has 2 rings (SSSR count). The van der Waals surface area contributed by atoms with Gasteiger partial charge in [-0.05, 0) is 6.07 Å². The summed E-state index contributed by atoms with van der Waals surface area (Å²) in [7, 11) is 2.56. The molecule has 0 bridgehead atoms. The van der Waals surface area contributed by atoms with Gasteiger partial charge in [0.2, 0.25) is 11.8 Å². The Hall–Kier alpha value is -1.34. The number of ether oxygens (including phenoxy) is 1. The van der Waals surface area contributed by atoms with Crippen LogP contribution in [0.2, 0.25) is 0 Å². The van der Waals surface area contributed by atoms with Crippen LogP contribution in [0.25, 0.3) is 0 Å². The van der Waals surface area contributed by atoms with Gasteiger partial charge in [0.25, 0.3) is 0 Å². The van der Waals surface area contributed by atoms with E-state index in [1.54, 1.807) is 18.2 Å². The van der Waals surface area contributed by atoms with E-state index in [4.69, 9.17) is 15.4 Å². The lowest BCUT2D eigenvalue weighted by molar-refractivity contribution is -0.137. The first-order chi connectivity index (χ1) is 7.93. The third-order valence-corrected chi connectivity index (χ3v) is 3.80. The molecule has 0 spiro atoms. The van der Waals surface area contributed by atoms with Gasteiger partial charge in [-0.1, -0.05) is 6.07 Å². The highest BCUT2D eigenvalue weighted by Gasteiger charge is 2.45. The van der Waals surface area contributed by atoms with Crippen LogP contribution in [-0.4, -0.2) is 30.7 Å². The van der Waals surface area contributed by atoms with Crippen LogP contribution in [-0.2, 0) is 14.0 Å². The van der Waals surface area contributed by atoms with Crippen molar-refractivity contribution in [2.45, 2.75) is 12.5 Å². The van der Waals surface area contributed by atoms with Gasteiger partial charge in [0.1, 0.15) is 6.04 Å². The summed E-state index contributed by atoms with van der Waals surface area (Å²) in [4.78, 5) is 15.3. The molecule has 1 aromatic heterocycles. The molecule has 1 saturated heterocycles. The number of nitrogens with zero attached hydrogens (tertiary/aromatic N) is 2. The Morgan fingerprint density at radius 3 is 2.76 bits per heavy atom. The molecule has 0 aromatic carbocycles. The van der Waals surface area contributed by atoms with E-state index in [2.05, 4.69) is 4.98 Å². The normalized spacial score (nSPS) is 20.0. The molecule has 8 heteroatoms. The molecular weight excluding hydrogens is 268 g/mol. The first-order valence-electron chi connectivity index (χ1n) is 4.71. The molecule has 0 radical (unpaired) electrons. The van der Waals surface area contributed by atoms with Crippen LogP contribution >= 0.6 is 10.7 Å². The summed E-state index contributed by atoms with van der Waals surface area (Å²) in [5.74, 6) is -0.177. The predicted octanol–water partition coefficient (Wildman–Crippen LogP) is 0.847. The van der Waals surface area contributed by atoms with Crippen molar-refractivity contribution in [1.29, 1.82) is 0 Å². The van der Waals surface area contributed by atoms with E-state index in [0.29, 0.717) is 15.9 Å². The van der Waals surface area contributed by atoms with Gasteiger partial charge in [-0.2, -0.15) is 8.42 Å². The van der Waals surface area contributed by atoms with E-state index < -0.39 is 21.2 Å². The first kappa shape index (κ1) is 12.1. The molecule has 1 aromatic rings. The quantitative estimate of drug-likeness (QED) is 0.604. The van der Waals surface area contributed by atoms with Crippen LogP contribution in [0.1, 0.15) is 18.2 Å². The van der Waals surface area contributed by atoms with Crippen molar-refractivity contribution in [2.24, 2.45) is 0 Å². The molecule has 0 saturated carbocycles. The number of carbonyl (C=O) groups excluding carboxylic acids is 1. The number of methoxy groups -OCH3 is 1. The maximum Gasteiger partial charge on any atom is 0.324 e. The summed E-state index contributed by atoms with van der Waals surface area (Å²) in [6, 6.07) is 4.28. The fourth-order valence-electron chi connectivity index (χ4n) is 1.63. The second kappa shape index (κ2) is 4.15. The number of amides is 1. The Kier molecular flexibility index (Phi) is 2.96. The number of halogens is 1. The minimum atomic E-state index is -4.06. The number of hydrogen-bond donors (Lipinski definition) is 0. The number of pyridine rings is 1. The van der Waals surface area contributed by atoms with Crippen LogP contribution in [0.3, 0.4) is 0 Å². The van der Waals surface area contributed by atoms with Gasteiger partial charge in [0.05, 0.1) is 19.2 Å². The average molecular weight is 277 g/mol. The molecule has 0 N–H and O–H groups in total. The van der Waals surface area contributed by atoms with E-state index in [1.165, 1.54) is 7.11 Å². The van der Waals surface area contributed by atoms with Gasteiger partial charge in [0, 0.05) is 16.7 Å². The van der Waals surface area contributed by atoms with E-state index in [0.717, 1.165) is 0 Å². The topological polar surface area (TPSA) is 76.6 Å². The summed E-state index contributed by atoms with van der Waals surface area (Å²) in [5.41, 5.74) is 0.438. The Morgan fingerprint density at radius 1 is 1.53 bits per heavy atom. The molecular formula is C9H9ClN2O4S. The molecule has 1 amide bonds. The third-order valence-electron chi connectivity index (χ3n) is 2.43. The van der Waals surface area contributed by atoms with Crippen molar-refractivity contribution in [1.82, 2.24) is 9.29 Å². The molecule has 1 aliphatic heterocycles. The molecule has 1 fully saturated rings. The maximum absolute atomic E-state index is 11.2. The molecule has 2 heterocycles. The van der Waals surface area contributed by atoms with Crippen LogP contribution in [0.5, 0.6) is 5.88 Å². The molecule has 6 nitrogen and oxygen atoms in total. The Bertz CT molecular complexity index is 560. The second-order valence-electron chi connectivity index (χ2n) is 3.46. The molecule has 0 aliphatic carbocycles. The van der Waals surface area contributed by atoms with Crippen molar-refractivity contribution in [3.05, 3.63) is 23.9 Å². The summed E-state index contributed by atoms with van der Waals surface area (Å²) in [5, 5.41) is 0. The zero-order valence-corrected chi connectivity index (χ0v) is 10.4. The SMILES string of the molecule is COc1cccc(C2CC(=O)N2S(=O)(=O)Cl)n1. The lowest BCUT2D eigenvalue weighted by Gasteiger charge is -2.36. The van der Waals surface area contributed by atoms with Gasteiger partial charge in [0.15, 0.2) is 0 Å². The van der Waals surface area contributed by atoms with Crippen molar-refractivity contribution >= 4 is 25.8 Å². The highest BCUT2D eigenvalue weighted by Crippen LogP contribution is 2.37. The number of carbonyl (C=O) groups is 1. The van der Waals surface area contributed by atoms with Crippen LogP contribution in [0.15, 0.2) is 18.2 Å². The molecule has 1 atom stereocenters. The highest BCUT2D eigenvalue weighted by atomic mass is 35.7. The zero-order chi connectivity index (χ0) is 12.6. The van der Waals surface area contributed by atoms with Gasteiger partial charge in [-0.15, -0.1) is 0 Å². The van der Waals surface area contributed by atoms with Crippen molar-refractivity contribution in [3.63, 3.8) is 0 Å². The molecule has 17 heavy (non-hydrogen) atoms.